The van der Waals surface area contributed by atoms with Gasteiger partial charge in [-0.1, -0.05) is 6.07 Å². The van der Waals surface area contributed by atoms with Crippen LogP contribution in [0.5, 0.6) is 0 Å². The molecule has 1 saturated carbocycles. The minimum absolute atomic E-state index is 0.178. The fourth-order valence-electron chi connectivity index (χ4n) is 3.85. The lowest BCUT2D eigenvalue weighted by Crippen LogP contribution is -2.27. The van der Waals surface area contributed by atoms with E-state index in [2.05, 4.69) is 41.0 Å². The van der Waals surface area contributed by atoms with Crippen LogP contribution in [0.4, 0.5) is 11.5 Å². The Labute approximate surface area is 214 Å². The van der Waals surface area contributed by atoms with Gasteiger partial charge in [0.25, 0.3) is 5.91 Å². The zero-order valence-electron chi connectivity index (χ0n) is 20.5. The smallest absolute Gasteiger partial charge is 0.273 e. The first-order valence-corrected chi connectivity index (χ1v) is 12.2. The van der Waals surface area contributed by atoms with E-state index in [4.69, 9.17) is 0 Å². The predicted octanol–water partition coefficient (Wildman–Crippen LogP) is 2.56. The summed E-state index contributed by atoms with van der Waals surface area (Å²) in [4.78, 5) is 30.0. The van der Waals surface area contributed by atoms with E-state index in [0.29, 0.717) is 30.0 Å². The van der Waals surface area contributed by atoms with E-state index < -0.39 is 6.23 Å². The third kappa shape index (κ3) is 6.44. The molecule has 11 heteroatoms. The summed E-state index contributed by atoms with van der Waals surface area (Å²) < 4.78 is 1.52. The lowest BCUT2D eigenvalue weighted by atomic mass is 10.1. The number of carbonyl (C=O) groups is 1. The molecule has 1 fully saturated rings. The van der Waals surface area contributed by atoms with Crippen LogP contribution in [-0.2, 0) is 13.5 Å². The van der Waals surface area contributed by atoms with Gasteiger partial charge >= 0.3 is 0 Å². The molecule has 0 saturated heterocycles. The Morgan fingerprint density at radius 3 is 2.89 bits per heavy atom. The van der Waals surface area contributed by atoms with Gasteiger partial charge in [0.15, 0.2) is 11.9 Å². The summed E-state index contributed by atoms with van der Waals surface area (Å²) in [7, 11) is 1.71. The van der Waals surface area contributed by atoms with E-state index in [1.54, 1.807) is 44.1 Å². The largest absolute Gasteiger partial charge is 0.370 e. The van der Waals surface area contributed by atoms with Crippen LogP contribution in [-0.4, -0.2) is 53.8 Å². The van der Waals surface area contributed by atoms with Crippen LogP contribution in [0, 0.1) is 5.92 Å². The van der Waals surface area contributed by atoms with Gasteiger partial charge in [0.1, 0.15) is 5.82 Å². The van der Waals surface area contributed by atoms with Crippen molar-refractivity contribution in [3.63, 3.8) is 0 Å². The monoisotopic (exact) mass is 499 g/mol. The van der Waals surface area contributed by atoms with Crippen molar-refractivity contribution < 1.29 is 9.90 Å². The van der Waals surface area contributed by atoms with Gasteiger partial charge in [0, 0.05) is 63.1 Å². The molecule has 4 aromatic heterocycles. The molecule has 4 N–H and O–H groups in total. The summed E-state index contributed by atoms with van der Waals surface area (Å²) in [6, 6.07) is 9.29. The molecule has 1 aliphatic rings. The fraction of sp³-hybridized carbons (Fsp3) is 0.308. The average Bonchev–Trinajstić information content (AvgIpc) is 3.69. The summed E-state index contributed by atoms with van der Waals surface area (Å²) in [5, 5.41) is 24.4. The molecule has 37 heavy (non-hydrogen) atoms. The first kappa shape index (κ1) is 24.3. The van der Waals surface area contributed by atoms with Crippen molar-refractivity contribution in [3.8, 4) is 11.3 Å². The molecule has 0 radical (unpaired) electrons. The molecule has 11 nitrogen and oxygen atoms in total. The number of carbonyl (C=O) groups excluding carboxylic acids is 1. The van der Waals surface area contributed by atoms with Gasteiger partial charge in [-0.25, -0.2) is 9.97 Å². The van der Waals surface area contributed by atoms with Gasteiger partial charge in [0.05, 0.1) is 22.8 Å². The minimum atomic E-state index is -1.15. The molecule has 190 valence electrons. The van der Waals surface area contributed by atoms with E-state index in [1.807, 2.05) is 24.3 Å². The van der Waals surface area contributed by atoms with Crippen molar-refractivity contribution in [1.82, 2.24) is 35.0 Å². The Bertz CT molecular complexity index is 1360. The van der Waals surface area contributed by atoms with E-state index >= 15 is 0 Å². The number of amides is 1. The maximum atomic E-state index is 12.8. The number of hydrogen-bond donors (Lipinski definition) is 4. The summed E-state index contributed by atoms with van der Waals surface area (Å²) in [6.07, 6.45) is 10.2. The molecule has 4 aromatic rings. The molecule has 1 aliphatic carbocycles. The number of nitrogens with one attached hydrogen (secondary N) is 3. The summed E-state index contributed by atoms with van der Waals surface area (Å²) in [6.45, 7) is 1.30. The number of aryl methyl sites for hydroxylation is 1. The number of nitrogens with zero attached hydrogens (tertiary/aromatic N) is 6. The van der Waals surface area contributed by atoms with Crippen LogP contribution >= 0.6 is 0 Å². The Morgan fingerprint density at radius 2 is 2.08 bits per heavy atom. The molecule has 4 heterocycles. The van der Waals surface area contributed by atoms with E-state index in [1.165, 1.54) is 17.5 Å². The second kappa shape index (κ2) is 11.1. The van der Waals surface area contributed by atoms with Crippen molar-refractivity contribution in [1.29, 1.82) is 0 Å². The number of pyridine rings is 2. The van der Waals surface area contributed by atoms with Crippen molar-refractivity contribution in [2.24, 2.45) is 13.0 Å². The highest BCUT2D eigenvalue weighted by atomic mass is 16.3. The molecule has 5 rings (SSSR count). The number of hydrogen-bond acceptors (Lipinski definition) is 9. The summed E-state index contributed by atoms with van der Waals surface area (Å²) in [5.74, 6) is 1.19. The Hall–Kier alpha value is -4.38. The highest BCUT2D eigenvalue weighted by Crippen LogP contribution is 2.29. The highest BCUT2D eigenvalue weighted by molar-refractivity contribution is 5.97. The lowest BCUT2D eigenvalue weighted by Gasteiger charge is -2.15. The van der Waals surface area contributed by atoms with Gasteiger partial charge in [-0.05, 0) is 43.0 Å². The van der Waals surface area contributed by atoms with Crippen molar-refractivity contribution in [3.05, 3.63) is 78.4 Å². The fourth-order valence-corrected chi connectivity index (χ4v) is 3.85. The lowest BCUT2D eigenvalue weighted by molar-refractivity contribution is 0.0949. The number of aliphatic hydroxyl groups is 1. The highest BCUT2D eigenvalue weighted by Gasteiger charge is 2.21. The van der Waals surface area contributed by atoms with E-state index in [0.717, 1.165) is 29.5 Å². The normalized spacial score (nSPS) is 13.7. The number of anilines is 2. The van der Waals surface area contributed by atoms with E-state index in [9.17, 15) is 9.90 Å². The third-order valence-electron chi connectivity index (χ3n) is 5.99. The van der Waals surface area contributed by atoms with Crippen LogP contribution < -0.4 is 16.0 Å². The SMILES string of the molecule is Cn1cc(NC(O)c2cccc(-c3ccnc(NCC4CC4)c3)n2)c(C(=O)NCCc2cnccn2)n1. The van der Waals surface area contributed by atoms with Crippen molar-refractivity contribution in [2.45, 2.75) is 25.5 Å². The van der Waals surface area contributed by atoms with Crippen LogP contribution in [0.15, 0.2) is 61.3 Å². The molecule has 1 unspecified atom stereocenters. The molecule has 0 aliphatic heterocycles. The van der Waals surface area contributed by atoms with Gasteiger partial charge in [-0.3, -0.25) is 19.4 Å². The van der Waals surface area contributed by atoms with Gasteiger partial charge in [-0.15, -0.1) is 0 Å². The molecule has 1 atom stereocenters. The molecule has 0 bridgehead atoms. The first-order valence-electron chi connectivity index (χ1n) is 12.2. The maximum absolute atomic E-state index is 12.8. The van der Waals surface area contributed by atoms with Crippen LogP contribution in [0.3, 0.4) is 0 Å². The minimum Gasteiger partial charge on any atom is -0.370 e. The second-order valence-electron chi connectivity index (χ2n) is 9.02. The quantitative estimate of drug-likeness (QED) is 0.229. The topological polar surface area (TPSA) is 143 Å². The second-order valence-corrected chi connectivity index (χ2v) is 9.02. The zero-order chi connectivity index (χ0) is 25.6. The summed E-state index contributed by atoms with van der Waals surface area (Å²) >= 11 is 0. The summed E-state index contributed by atoms with van der Waals surface area (Å²) in [5.41, 5.74) is 3.38. The average molecular weight is 500 g/mol. The zero-order valence-corrected chi connectivity index (χ0v) is 20.5. The van der Waals surface area contributed by atoms with Gasteiger partial charge in [0.2, 0.25) is 0 Å². The van der Waals surface area contributed by atoms with Gasteiger partial charge < -0.3 is 21.1 Å². The molecule has 1 amide bonds. The molecular weight excluding hydrogens is 470 g/mol. The Balaban J connectivity index is 1.24. The Morgan fingerprint density at radius 1 is 1.19 bits per heavy atom. The number of aliphatic hydroxyl groups excluding tert-OH is 1. The van der Waals surface area contributed by atoms with Crippen molar-refractivity contribution >= 4 is 17.4 Å². The van der Waals surface area contributed by atoms with Crippen molar-refractivity contribution in [2.75, 3.05) is 23.7 Å². The molecule has 0 spiro atoms. The van der Waals surface area contributed by atoms with E-state index in [-0.39, 0.29) is 11.6 Å². The third-order valence-corrected chi connectivity index (χ3v) is 5.99. The Kier molecular flexibility index (Phi) is 7.31. The van der Waals surface area contributed by atoms with Gasteiger partial charge in [-0.2, -0.15) is 5.10 Å². The molecule has 0 aromatic carbocycles. The number of rotatable bonds is 11. The van der Waals surface area contributed by atoms with Crippen LogP contribution in [0.2, 0.25) is 0 Å². The number of aromatic nitrogens is 6. The maximum Gasteiger partial charge on any atom is 0.273 e. The standard InChI is InChI=1S/C26H29N9O2/c1-35-16-22(24(34-35)26(37)30-10-8-19-15-27-11-12-28-19)33-25(36)21-4-2-3-20(32-21)18-7-9-29-23(13-18)31-14-17-5-6-17/h2-4,7,9,11-13,15-17,25,33,36H,5-6,8,10,14H2,1H3,(H,29,31)(H,30,37). The predicted molar refractivity (Wildman–Crippen MR) is 139 cm³/mol. The molecular formula is C26H29N9O2. The first-order chi connectivity index (χ1) is 18.0. The van der Waals surface area contributed by atoms with Crippen LogP contribution in [0.1, 0.15) is 40.9 Å². The van der Waals surface area contributed by atoms with Crippen LogP contribution in [0.25, 0.3) is 11.3 Å².